The molecule has 1 aromatic heterocycles. The van der Waals surface area contributed by atoms with E-state index >= 15 is 0 Å². The molecule has 1 heterocycles. The van der Waals surface area contributed by atoms with E-state index in [2.05, 4.69) is 10.3 Å². The van der Waals surface area contributed by atoms with Crippen molar-refractivity contribution < 1.29 is 0 Å². The van der Waals surface area contributed by atoms with Crippen LogP contribution >= 0.6 is 11.3 Å². The quantitative estimate of drug-likeness (QED) is 0.699. The maximum Gasteiger partial charge on any atom is 0.106 e. The molecule has 78 valence electrons. The van der Waals surface area contributed by atoms with Gasteiger partial charge in [-0.3, -0.25) is 0 Å². The van der Waals surface area contributed by atoms with Gasteiger partial charge in [-0.15, -0.1) is 11.3 Å². The number of nitrogens with one attached hydrogen (secondary N) is 1. The zero-order chi connectivity index (χ0) is 9.80. The van der Waals surface area contributed by atoms with Gasteiger partial charge in [-0.25, -0.2) is 4.98 Å². The molecule has 3 nitrogen and oxygen atoms in total. The summed E-state index contributed by atoms with van der Waals surface area (Å²) in [6, 6.07) is 0.416. The Morgan fingerprint density at radius 1 is 1.64 bits per heavy atom. The minimum absolute atomic E-state index is 0.416. The molecule has 4 heteroatoms. The zero-order valence-electron chi connectivity index (χ0n) is 8.28. The molecule has 1 atom stereocenters. The molecule has 0 aromatic carbocycles. The molecule has 1 unspecified atom stereocenters. The number of aromatic nitrogens is 1. The third kappa shape index (κ3) is 3.04. The third-order valence-electron chi connectivity index (χ3n) is 2.64. The first kappa shape index (κ1) is 10.1. The van der Waals surface area contributed by atoms with Crippen LogP contribution in [0.15, 0.2) is 11.6 Å². The molecule has 0 bridgehead atoms. The smallest absolute Gasteiger partial charge is 0.106 e. The van der Waals surface area contributed by atoms with Gasteiger partial charge in [0.05, 0.1) is 0 Å². The van der Waals surface area contributed by atoms with Crippen LogP contribution in [0.5, 0.6) is 0 Å². The van der Waals surface area contributed by atoms with E-state index in [1.165, 1.54) is 12.8 Å². The van der Waals surface area contributed by atoms with Crippen LogP contribution in [-0.4, -0.2) is 17.6 Å². The van der Waals surface area contributed by atoms with Crippen molar-refractivity contribution in [3.63, 3.8) is 0 Å². The average molecular weight is 211 g/mol. The van der Waals surface area contributed by atoms with Crippen molar-refractivity contribution in [3.8, 4) is 0 Å². The number of nitrogens with zero attached hydrogens (tertiary/aromatic N) is 1. The largest absolute Gasteiger partial charge is 0.327 e. The van der Waals surface area contributed by atoms with E-state index in [1.54, 1.807) is 11.3 Å². The van der Waals surface area contributed by atoms with Gasteiger partial charge in [0.1, 0.15) is 5.01 Å². The maximum atomic E-state index is 5.99. The van der Waals surface area contributed by atoms with E-state index in [1.807, 2.05) is 11.6 Å². The summed E-state index contributed by atoms with van der Waals surface area (Å²) in [6.07, 6.45) is 5.62. The van der Waals surface area contributed by atoms with E-state index in [0.29, 0.717) is 6.04 Å². The minimum atomic E-state index is 0.416. The Balaban J connectivity index is 1.54. The normalized spacial score (nSPS) is 18.4. The summed E-state index contributed by atoms with van der Waals surface area (Å²) in [6.45, 7) is 1.90. The molecule has 0 amide bonds. The van der Waals surface area contributed by atoms with Gasteiger partial charge in [0.25, 0.3) is 0 Å². The second-order valence-corrected chi connectivity index (χ2v) is 4.87. The molecule has 1 saturated carbocycles. The fourth-order valence-electron chi connectivity index (χ4n) is 1.56. The molecule has 0 aliphatic heterocycles. The van der Waals surface area contributed by atoms with Crippen LogP contribution in [0.25, 0.3) is 0 Å². The van der Waals surface area contributed by atoms with Gasteiger partial charge in [0.2, 0.25) is 0 Å². The molecule has 0 radical (unpaired) electrons. The Bertz CT molecular complexity index is 256. The molecular formula is C10H17N3S. The van der Waals surface area contributed by atoms with E-state index in [0.717, 1.165) is 30.4 Å². The van der Waals surface area contributed by atoms with Gasteiger partial charge in [-0.05, 0) is 31.7 Å². The molecule has 0 saturated heterocycles. The summed E-state index contributed by atoms with van der Waals surface area (Å²) in [7, 11) is 0. The fraction of sp³-hybridized carbons (Fsp3) is 0.700. The van der Waals surface area contributed by atoms with Gasteiger partial charge in [0, 0.05) is 24.2 Å². The fourth-order valence-corrected chi connectivity index (χ4v) is 2.15. The first-order valence-electron chi connectivity index (χ1n) is 5.21. The maximum absolute atomic E-state index is 5.99. The van der Waals surface area contributed by atoms with Crippen LogP contribution in [0.2, 0.25) is 0 Å². The van der Waals surface area contributed by atoms with Crippen molar-refractivity contribution >= 4 is 11.3 Å². The van der Waals surface area contributed by atoms with Crippen LogP contribution in [0.1, 0.15) is 24.3 Å². The van der Waals surface area contributed by atoms with Gasteiger partial charge in [-0.1, -0.05) is 0 Å². The average Bonchev–Trinajstić information content (AvgIpc) is 2.92. The lowest BCUT2D eigenvalue weighted by Crippen LogP contribution is -2.28. The number of nitrogens with two attached hydrogens (primary N) is 1. The van der Waals surface area contributed by atoms with Gasteiger partial charge >= 0.3 is 0 Å². The zero-order valence-corrected chi connectivity index (χ0v) is 9.09. The Morgan fingerprint density at radius 3 is 3.14 bits per heavy atom. The van der Waals surface area contributed by atoms with Gasteiger partial charge in [0.15, 0.2) is 0 Å². The Labute approximate surface area is 88.7 Å². The Hall–Kier alpha value is -0.450. The lowest BCUT2D eigenvalue weighted by atomic mass is 10.1. The highest BCUT2D eigenvalue weighted by atomic mass is 32.1. The highest BCUT2D eigenvalue weighted by molar-refractivity contribution is 7.09. The third-order valence-corrected chi connectivity index (χ3v) is 3.42. The van der Waals surface area contributed by atoms with Crippen molar-refractivity contribution in [2.24, 2.45) is 11.7 Å². The molecule has 1 aromatic rings. The van der Waals surface area contributed by atoms with Crippen molar-refractivity contribution in [2.45, 2.75) is 31.8 Å². The van der Waals surface area contributed by atoms with Crippen molar-refractivity contribution in [3.05, 3.63) is 16.6 Å². The molecule has 1 aliphatic rings. The lowest BCUT2D eigenvalue weighted by molar-refractivity contribution is 0.517. The van der Waals surface area contributed by atoms with Crippen molar-refractivity contribution in [2.75, 3.05) is 6.54 Å². The molecule has 0 spiro atoms. The van der Waals surface area contributed by atoms with Crippen LogP contribution < -0.4 is 11.1 Å². The molecule has 14 heavy (non-hydrogen) atoms. The SMILES string of the molecule is NC(CCNCc1nccs1)C1CC1. The van der Waals surface area contributed by atoms with Gasteiger partial charge < -0.3 is 11.1 Å². The van der Waals surface area contributed by atoms with E-state index in [4.69, 9.17) is 5.73 Å². The summed E-state index contributed by atoms with van der Waals surface area (Å²) in [4.78, 5) is 4.21. The van der Waals surface area contributed by atoms with Crippen LogP contribution in [0.4, 0.5) is 0 Å². The number of hydrogen-bond donors (Lipinski definition) is 2. The van der Waals surface area contributed by atoms with Crippen LogP contribution in [0.3, 0.4) is 0 Å². The lowest BCUT2D eigenvalue weighted by Gasteiger charge is -2.09. The predicted molar refractivity (Wildman–Crippen MR) is 59.1 cm³/mol. The number of hydrogen-bond acceptors (Lipinski definition) is 4. The van der Waals surface area contributed by atoms with Gasteiger partial charge in [-0.2, -0.15) is 0 Å². The van der Waals surface area contributed by atoms with Crippen LogP contribution in [-0.2, 0) is 6.54 Å². The first-order chi connectivity index (χ1) is 6.86. The standard InChI is InChI=1S/C10H17N3S/c11-9(8-1-2-8)3-4-12-7-10-13-5-6-14-10/h5-6,8-9,12H,1-4,7,11H2. The topological polar surface area (TPSA) is 50.9 Å². The van der Waals surface area contributed by atoms with E-state index in [-0.39, 0.29) is 0 Å². The monoisotopic (exact) mass is 211 g/mol. The summed E-state index contributed by atoms with van der Waals surface area (Å²) in [5, 5.41) is 6.53. The summed E-state index contributed by atoms with van der Waals surface area (Å²) in [5.74, 6) is 0.816. The van der Waals surface area contributed by atoms with Crippen LogP contribution in [0, 0.1) is 5.92 Å². The number of thiazole rings is 1. The van der Waals surface area contributed by atoms with Crippen molar-refractivity contribution in [1.29, 1.82) is 0 Å². The first-order valence-corrected chi connectivity index (χ1v) is 6.09. The Kier molecular flexibility index (Phi) is 3.50. The summed E-state index contributed by atoms with van der Waals surface area (Å²) < 4.78 is 0. The highest BCUT2D eigenvalue weighted by Gasteiger charge is 2.27. The molecule has 1 aliphatic carbocycles. The molecular weight excluding hydrogens is 194 g/mol. The van der Waals surface area contributed by atoms with E-state index in [9.17, 15) is 0 Å². The predicted octanol–water partition coefficient (Wildman–Crippen LogP) is 1.36. The minimum Gasteiger partial charge on any atom is -0.327 e. The molecule has 3 N–H and O–H groups in total. The molecule has 2 rings (SSSR count). The Morgan fingerprint density at radius 2 is 2.50 bits per heavy atom. The molecule has 1 fully saturated rings. The summed E-state index contributed by atoms with van der Waals surface area (Å²) >= 11 is 1.70. The second-order valence-electron chi connectivity index (χ2n) is 3.89. The van der Waals surface area contributed by atoms with Crippen molar-refractivity contribution in [1.82, 2.24) is 10.3 Å². The highest BCUT2D eigenvalue weighted by Crippen LogP contribution is 2.32. The second kappa shape index (κ2) is 4.87. The van der Waals surface area contributed by atoms with E-state index < -0.39 is 0 Å². The summed E-state index contributed by atoms with van der Waals surface area (Å²) in [5.41, 5.74) is 5.99. The number of rotatable bonds is 6.